The molecule has 0 bridgehead atoms. The maximum atomic E-state index is 12.8. The van der Waals surface area contributed by atoms with E-state index in [0.717, 1.165) is 16.8 Å². The molecule has 2 N–H and O–H groups in total. The van der Waals surface area contributed by atoms with Gasteiger partial charge in [-0.2, -0.15) is 0 Å². The Hall–Kier alpha value is -2.91. The zero-order valence-corrected chi connectivity index (χ0v) is 16.2. The van der Waals surface area contributed by atoms with Crippen LogP contribution in [0.5, 0.6) is 0 Å². The number of hydrogen-bond donors (Lipinski definition) is 2. The summed E-state index contributed by atoms with van der Waals surface area (Å²) in [5, 5.41) is 14.3. The van der Waals surface area contributed by atoms with Gasteiger partial charge in [0.05, 0.1) is 5.69 Å². The van der Waals surface area contributed by atoms with Crippen molar-refractivity contribution < 1.29 is 14.7 Å². The summed E-state index contributed by atoms with van der Waals surface area (Å²) in [5.74, 6) is -0.00974. The average Bonchev–Trinajstić information content (AvgIpc) is 3.36. The number of benzene rings is 1. The summed E-state index contributed by atoms with van der Waals surface area (Å²) in [6.45, 7) is 0. The SMILES string of the molecule is O=C(Nc1nc(-c2ccccc2)cs1)C1CSC(c2cccnc2)N1C(=O)O. The number of thiazole rings is 1. The maximum Gasteiger partial charge on any atom is 0.409 e. The topological polar surface area (TPSA) is 95.4 Å². The highest BCUT2D eigenvalue weighted by Crippen LogP contribution is 2.41. The number of hydrogen-bond acceptors (Lipinski definition) is 6. The van der Waals surface area contributed by atoms with Crippen LogP contribution in [0.3, 0.4) is 0 Å². The van der Waals surface area contributed by atoms with E-state index in [1.54, 1.807) is 18.5 Å². The number of carboxylic acid groups (broad SMARTS) is 1. The number of pyridine rings is 1. The van der Waals surface area contributed by atoms with E-state index in [1.165, 1.54) is 28.0 Å². The number of carbonyl (C=O) groups is 2. The lowest BCUT2D eigenvalue weighted by atomic mass is 10.2. The Balaban J connectivity index is 1.50. The number of thioether (sulfide) groups is 1. The molecule has 0 radical (unpaired) electrons. The zero-order valence-electron chi connectivity index (χ0n) is 14.6. The van der Waals surface area contributed by atoms with Gasteiger partial charge < -0.3 is 10.4 Å². The highest BCUT2D eigenvalue weighted by molar-refractivity contribution is 7.99. The quantitative estimate of drug-likeness (QED) is 0.674. The van der Waals surface area contributed by atoms with Gasteiger partial charge in [-0.3, -0.25) is 14.7 Å². The fraction of sp³-hybridized carbons (Fsp3) is 0.158. The third-order valence-corrected chi connectivity index (χ3v) is 6.38. The summed E-state index contributed by atoms with van der Waals surface area (Å²) in [6, 6.07) is 12.4. The second kappa shape index (κ2) is 7.99. The summed E-state index contributed by atoms with van der Waals surface area (Å²) in [5.41, 5.74) is 2.48. The lowest BCUT2D eigenvalue weighted by Gasteiger charge is -2.25. The van der Waals surface area contributed by atoms with E-state index in [-0.39, 0.29) is 5.91 Å². The normalized spacial score (nSPS) is 18.8. The zero-order chi connectivity index (χ0) is 19.5. The molecule has 28 heavy (non-hydrogen) atoms. The molecule has 1 saturated heterocycles. The van der Waals surface area contributed by atoms with E-state index in [4.69, 9.17) is 0 Å². The molecule has 7 nitrogen and oxygen atoms in total. The molecule has 2 unspecified atom stereocenters. The Morgan fingerprint density at radius 2 is 2.00 bits per heavy atom. The van der Waals surface area contributed by atoms with E-state index in [1.807, 2.05) is 41.8 Å². The van der Waals surface area contributed by atoms with Gasteiger partial charge in [0.1, 0.15) is 11.4 Å². The minimum atomic E-state index is -1.14. The summed E-state index contributed by atoms with van der Waals surface area (Å²) in [6.07, 6.45) is 2.12. The van der Waals surface area contributed by atoms with Crippen LogP contribution in [0.4, 0.5) is 9.93 Å². The van der Waals surface area contributed by atoms with Crippen LogP contribution in [0.1, 0.15) is 10.9 Å². The van der Waals surface area contributed by atoms with Gasteiger partial charge in [0, 0.05) is 34.7 Å². The molecule has 1 fully saturated rings. The summed E-state index contributed by atoms with van der Waals surface area (Å²) < 4.78 is 0. The van der Waals surface area contributed by atoms with Gasteiger partial charge in [0.25, 0.3) is 0 Å². The Bertz CT molecular complexity index is 981. The molecule has 1 aromatic carbocycles. The van der Waals surface area contributed by atoms with Gasteiger partial charge in [-0.05, 0) is 6.07 Å². The molecule has 1 aliphatic rings. The molecule has 9 heteroatoms. The number of nitrogens with one attached hydrogen (secondary N) is 1. The first kappa shape index (κ1) is 18.5. The van der Waals surface area contributed by atoms with Crippen LogP contribution in [0.25, 0.3) is 11.3 Å². The van der Waals surface area contributed by atoms with Gasteiger partial charge in [-0.1, -0.05) is 36.4 Å². The number of rotatable bonds is 4. The first-order chi connectivity index (χ1) is 13.6. The average molecular weight is 412 g/mol. The predicted octanol–water partition coefficient (Wildman–Crippen LogP) is 3.94. The molecule has 4 rings (SSSR count). The second-order valence-corrected chi connectivity index (χ2v) is 8.04. The molecule has 142 valence electrons. The predicted molar refractivity (Wildman–Crippen MR) is 109 cm³/mol. The number of carbonyl (C=O) groups excluding carboxylic acids is 1. The number of amides is 2. The first-order valence-electron chi connectivity index (χ1n) is 8.48. The smallest absolute Gasteiger partial charge is 0.409 e. The number of anilines is 1. The van der Waals surface area contributed by atoms with Crippen molar-refractivity contribution in [2.24, 2.45) is 0 Å². The molecular formula is C19H16N4O3S2. The minimum Gasteiger partial charge on any atom is -0.465 e. The molecule has 0 saturated carbocycles. The van der Waals surface area contributed by atoms with E-state index in [2.05, 4.69) is 15.3 Å². The van der Waals surface area contributed by atoms with E-state index < -0.39 is 17.5 Å². The van der Waals surface area contributed by atoms with Gasteiger partial charge in [-0.15, -0.1) is 23.1 Å². The van der Waals surface area contributed by atoms with Crippen molar-refractivity contribution in [2.75, 3.05) is 11.1 Å². The Labute approximate surface area is 169 Å². The first-order valence-corrected chi connectivity index (χ1v) is 10.4. The lowest BCUT2D eigenvalue weighted by Crippen LogP contribution is -2.44. The van der Waals surface area contributed by atoms with Crippen molar-refractivity contribution in [1.29, 1.82) is 0 Å². The highest BCUT2D eigenvalue weighted by atomic mass is 32.2. The monoisotopic (exact) mass is 412 g/mol. The van der Waals surface area contributed by atoms with Crippen molar-refractivity contribution in [1.82, 2.24) is 14.9 Å². The third-order valence-electron chi connectivity index (χ3n) is 4.30. The summed E-state index contributed by atoms with van der Waals surface area (Å²) in [4.78, 5) is 34.3. The molecule has 3 heterocycles. The van der Waals surface area contributed by atoms with Crippen LogP contribution in [0.2, 0.25) is 0 Å². The fourth-order valence-electron chi connectivity index (χ4n) is 2.98. The number of nitrogens with zero attached hydrogens (tertiary/aromatic N) is 3. The molecule has 1 aliphatic heterocycles. The maximum absolute atomic E-state index is 12.8. The van der Waals surface area contributed by atoms with Gasteiger partial charge >= 0.3 is 6.09 Å². The lowest BCUT2D eigenvalue weighted by molar-refractivity contribution is -0.119. The minimum absolute atomic E-state index is 0.370. The van der Waals surface area contributed by atoms with Crippen molar-refractivity contribution in [2.45, 2.75) is 11.4 Å². The second-order valence-electron chi connectivity index (χ2n) is 6.07. The van der Waals surface area contributed by atoms with Crippen LogP contribution >= 0.6 is 23.1 Å². The Morgan fingerprint density at radius 1 is 1.18 bits per heavy atom. The molecule has 2 aromatic heterocycles. The molecular weight excluding hydrogens is 396 g/mol. The van der Waals surface area contributed by atoms with Crippen molar-refractivity contribution in [3.63, 3.8) is 0 Å². The van der Waals surface area contributed by atoms with Crippen molar-refractivity contribution in [3.05, 3.63) is 65.8 Å². The molecule has 3 aromatic rings. The van der Waals surface area contributed by atoms with Gasteiger partial charge in [0.2, 0.25) is 5.91 Å². The molecule has 0 spiro atoms. The van der Waals surface area contributed by atoms with E-state index in [9.17, 15) is 14.7 Å². The van der Waals surface area contributed by atoms with Crippen LogP contribution in [-0.2, 0) is 4.79 Å². The van der Waals surface area contributed by atoms with Crippen LogP contribution < -0.4 is 5.32 Å². The largest absolute Gasteiger partial charge is 0.465 e. The molecule has 2 atom stereocenters. The highest BCUT2D eigenvalue weighted by Gasteiger charge is 2.42. The van der Waals surface area contributed by atoms with Crippen molar-refractivity contribution >= 4 is 40.2 Å². The molecule has 0 aliphatic carbocycles. The van der Waals surface area contributed by atoms with E-state index in [0.29, 0.717) is 10.9 Å². The standard InChI is InChI=1S/C19H16N4O3S2/c24-16(22-18-21-14(10-28-18)12-5-2-1-3-6-12)15-11-27-17(23(15)19(25)26)13-7-4-8-20-9-13/h1-10,15,17H,11H2,(H,25,26)(H,21,22,24). The van der Waals surface area contributed by atoms with Crippen LogP contribution in [0, 0.1) is 0 Å². The third kappa shape index (κ3) is 3.71. The fourth-order valence-corrected chi connectivity index (χ4v) is 5.11. The van der Waals surface area contributed by atoms with Gasteiger partial charge in [0.15, 0.2) is 5.13 Å². The summed E-state index contributed by atoms with van der Waals surface area (Å²) in [7, 11) is 0. The van der Waals surface area contributed by atoms with E-state index >= 15 is 0 Å². The Kier molecular flexibility index (Phi) is 5.27. The van der Waals surface area contributed by atoms with Crippen molar-refractivity contribution in [3.8, 4) is 11.3 Å². The molecule has 2 amide bonds. The van der Waals surface area contributed by atoms with Crippen LogP contribution in [-0.4, -0.2) is 43.8 Å². The van der Waals surface area contributed by atoms with Gasteiger partial charge in [-0.25, -0.2) is 9.78 Å². The van der Waals surface area contributed by atoms with Crippen LogP contribution in [0.15, 0.2) is 60.2 Å². The number of aromatic nitrogens is 2. The summed E-state index contributed by atoms with van der Waals surface area (Å²) >= 11 is 2.72. The Morgan fingerprint density at radius 3 is 2.71 bits per heavy atom.